The molecule has 0 atom stereocenters. The van der Waals surface area contributed by atoms with Crippen LogP contribution in [0.4, 0.5) is 10.5 Å². The lowest BCUT2D eigenvalue weighted by molar-refractivity contribution is 0.0240. The van der Waals surface area contributed by atoms with E-state index >= 15 is 0 Å². The lowest BCUT2D eigenvalue weighted by atomic mass is 10.1. The van der Waals surface area contributed by atoms with E-state index in [2.05, 4.69) is 10.00 Å². The van der Waals surface area contributed by atoms with Crippen LogP contribution in [0, 0.1) is 0 Å². The number of aromatic carboxylic acids is 1. The molecule has 8 heteroatoms. The van der Waals surface area contributed by atoms with Crippen LogP contribution in [0.5, 0.6) is 0 Å². The van der Waals surface area contributed by atoms with Crippen LogP contribution in [0.25, 0.3) is 10.9 Å². The number of carbonyl (C=O) groups excluding carboxylic acids is 1. The summed E-state index contributed by atoms with van der Waals surface area (Å²) in [4.78, 5) is 27.6. The zero-order chi connectivity index (χ0) is 19.8. The van der Waals surface area contributed by atoms with Crippen LogP contribution in [-0.4, -0.2) is 63.6 Å². The van der Waals surface area contributed by atoms with Crippen LogP contribution >= 0.6 is 0 Å². The number of aryl methyl sites for hydroxylation is 1. The Bertz CT molecular complexity index is 860. The minimum Gasteiger partial charge on any atom is -0.478 e. The summed E-state index contributed by atoms with van der Waals surface area (Å²) >= 11 is 0. The summed E-state index contributed by atoms with van der Waals surface area (Å²) in [5.41, 5.74) is 1.13. The van der Waals surface area contributed by atoms with Gasteiger partial charge in [0, 0.05) is 50.0 Å². The SMILES string of the molecule is CCn1cc2c(N3CCN(C(=O)OC(C)(C)C)CC3)ccc(C(=O)O)c2n1. The van der Waals surface area contributed by atoms with E-state index in [1.54, 1.807) is 15.6 Å². The Hall–Kier alpha value is -2.77. The maximum absolute atomic E-state index is 12.2. The summed E-state index contributed by atoms with van der Waals surface area (Å²) in [5, 5.41) is 14.7. The second-order valence-electron chi connectivity index (χ2n) is 7.64. The van der Waals surface area contributed by atoms with Gasteiger partial charge in [0.25, 0.3) is 0 Å². The maximum atomic E-state index is 12.2. The minimum atomic E-state index is -0.984. The molecule has 0 spiro atoms. The van der Waals surface area contributed by atoms with Crippen molar-refractivity contribution in [3.63, 3.8) is 0 Å². The molecule has 1 aromatic heterocycles. The number of ether oxygens (including phenoxy) is 1. The highest BCUT2D eigenvalue weighted by Crippen LogP contribution is 2.30. The molecule has 0 radical (unpaired) electrons. The summed E-state index contributed by atoms with van der Waals surface area (Å²) in [6.07, 6.45) is 1.59. The van der Waals surface area contributed by atoms with Gasteiger partial charge in [0.15, 0.2) is 0 Å². The number of hydrogen-bond acceptors (Lipinski definition) is 5. The summed E-state index contributed by atoms with van der Waals surface area (Å²) < 4.78 is 7.19. The highest BCUT2D eigenvalue weighted by Gasteiger charge is 2.27. The molecule has 2 heterocycles. The molecule has 1 N–H and O–H groups in total. The van der Waals surface area contributed by atoms with Gasteiger partial charge < -0.3 is 19.6 Å². The molecule has 8 nitrogen and oxygen atoms in total. The standard InChI is InChI=1S/C19H26N4O4/c1-5-23-12-14-15(7-6-13(17(24)25)16(14)20-23)21-8-10-22(11-9-21)18(26)27-19(2,3)4/h6-7,12H,5,8-11H2,1-4H3,(H,24,25). The van der Waals surface area contributed by atoms with Crippen LogP contribution in [0.2, 0.25) is 0 Å². The van der Waals surface area contributed by atoms with Gasteiger partial charge in [-0.2, -0.15) is 5.10 Å². The third-order valence-electron chi connectivity index (χ3n) is 4.53. The summed E-state index contributed by atoms with van der Waals surface area (Å²) in [5.74, 6) is -0.984. The number of carboxylic acid groups (broad SMARTS) is 1. The second-order valence-corrected chi connectivity index (χ2v) is 7.64. The summed E-state index contributed by atoms with van der Waals surface area (Å²) in [7, 11) is 0. The Morgan fingerprint density at radius 3 is 2.41 bits per heavy atom. The Morgan fingerprint density at radius 1 is 1.19 bits per heavy atom. The fourth-order valence-electron chi connectivity index (χ4n) is 3.21. The van der Waals surface area contributed by atoms with Crippen LogP contribution in [0.3, 0.4) is 0 Å². The van der Waals surface area contributed by atoms with Gasteiger partial charge in [-0.1, -0.05) is 0 Å². The molecule has 2 aromatic rings. The van der Waals surface area contributed by atoms with Crippen molar-refractivity contribution in [1.82, 2.24) is 14.7 Å². The fourth-order valence-corrected chi connectivity index (χ4v) is 3.21. The lowest BCUT2D eigenvalue weighted by Gasteiger charge is -2.37. The molecule has 0 aliphatic carbocycles. The smallest absolute Gasteiger partial charge is 0.410 e. The van der Waals surface area contributed by atoms with E-state index in [0.717, 1.165) is 11.1 Å². The largest absolute Gasteiger partial charge is 0.478 e. The molecule has 1 fully saturated rings. The van der Waals surface area contributed by atoms with E-state index in [9.17, 15) is 14.7 Å². The van der Waals surface area contributed by atoms with Gasteiger partial charge in [0.2, 0.25) is 0 Å². The number of aromatic nitrogens is 2. The maximum Gasteiger partial charge on any atom is 0.410 e. The van der Waals surface area contributed by atoms with E-state index < -0.39 is 11.6 Å². The average Bonchev–Trinajstić information content (AvgIpc) is 3.03. The number of carbonyl (C=O) groups is 2. The first kappa shape index (κ1) is 19.0. The van der Waals surface area contributed by atoms with Crippen LogP contribution in [0.15, 0.2) is 18.3 Å². The Labute approximate surface area is 158 Å². The number of fused-ring (bicyclic) bond motifs is 1. The van der Waals surface area contributed by atoms with Gasteiger partial charge in [-0.05, 0) is 39.8 Å². The van der Waals surface area contributed by atoms with Gasteiger partial charge in [0.1, 0.15) is 11.1 Å². The van der Waals surface area contributed by atoms with Crippen molar-refractivity contribution in [2.24, 2.45) is 0 Å². The molecule has 146 valence electrons. The number of piperazine rings is 1. The highest BCUT2D eigenvalue weighted by atomic mass is 16.6. The van der Waals surface area contributed by atoms with Crippen molar-refractivity contribution in [3.8, 4) is 0 Å². The first-order valence-corrected chi connectivity index (χ1v) is 9.16. The van der Waals surface area contributed by atoms with E-state index in [-0.39, 0.29) is 11.7 Å². The van der Waals surface area contributed by atoms with E-state index in [1.165, 1.54) is 0 Å². The van der Waals surface area contributed by atoms with Gasteiger partial charge in [0.05, 0.1) is 5.56 Å². The van der Waals surface area contributed by atoms with Gasteiger partial charge in [-0.25, -0.2) is 9.59 Å². The monoisotopic (exact) mass is 374 g/mol. The highest BCUT2D eigenvalue weighted by molar-refractivity contribution is 6.06. The van der Waals surface area contributed by atoms with Crippen molar-refractivity contribution in [2.45, 2.75) is 39.8 Å². The Kier molecular flexibility index (Phi) is 4.99. The van der Waals surface area contributed by atoms with Gasteiger partial charge in [-0.15, -0.1) is 0 Å². The zero-order valence-corrected chi connectivity index (χ0v) is 16.2. The molecule has 0 bridgehead atoms. The quantitative estimate of drug-likeness (QED) is 0.889. The van der Waals surface area contributed by atoms with Gasteiger partial charge in [-0.3, -0.25) is 4.68 Å². The first-order valence-electron chi connectivity index (χ1n) is 9.16. The zero-order valence-electron chi connectivity index (χ0n) is 16.2. The average molecular weight is 374 g/mol. The third kappa shape index (κ3) is 3.99. The number of benzene rings is 1. The first-order chi connectivity index (χ1) is 12.7. The van der Waals surface area contributed by atoms with Crippen LogP contribution in [-0.2, 0) is 11.3 Å². The molecule has 1 aliphatic heterocycles. The van der Waals surface area contributed by atoms with Crippen molar-refractivity contribution in [1.29, 1.82) is 0 Å². The number of carboxylic acids is 1. The molecular weight excluding hydrogens is 348 g/mol. The molecule has 3 rings (SSSR count). The molecule has 1 amide bonds. The summed E-state index contributed by atoms with van der Waals surface area (Å²) in [6.45, 7) is 10.6. The minimum absolute atomic E-state index is 0.202. The number of nitrogens with zero attached hydrogens (tertiary/aromatic N) is 4. The van der Waals surface area contributed by atoms with Crippen LogP contribution in [0.1, 0.15) is 38.1 Å². The molecule has 27 heavy (non-hydrogen) atoms. The Balaban J connectivity index is 1.81. The third-order valence-corrected chi connectivity index (χ3v) is 4.53. The molecule has 1 aromatic carbocycles. The summed E-state index contributed by atoms with van der Waals surface area (Å²) in [6, 6.07) is 3.43. The number of amides is 1. The molecule has 1 saturated heterocycles. The molecule has 0 unspecified atom stereocenters. The van der Waals surface area contributed by atoms with Gasteiger partial charge >= 0.3 is 12.1 Å². The predicted octanol–water partition coefficient (Wildman–Crippen LogP) is 2.81. The van der Waals surface area contributed by atoms with E-state index in [1.807, 2.05) is 40.0 Å². The predicted molar refractivity (Wildman–Crippen MR) is 102 cm³/mol. The van der Waals surface area contributed by atoms with E-state index in [4.69, 9.17) is 4.74 Å². The second kappa shape index (κ2) is 7.09. The van der Waals surface area contributed by atoms with E-state index in [0.29, 0.717) is 38.2 Å². The topological polar surface area (TPSA) is 87.9 Å². The molecule has 0 saturated carbocycles. The van der Waals surface area contributed by atoms with Crippen molar-refractivity contribution in [3.05, 3.63) is 23.9 Å². The number of anilines is 1. The van der Waals surface area contributed by atoms with Crippen molar-refractivity contribution >= 4 is 28.7 Å². The van der Waals surface area contributed by atoms with Crippen molar-refractivity contribution < 1.29 is 19.4 Å². The number of hydrogen-bond donors (Lipinski definition) is 1. The van der Waals surface area contributed by atoms with Crippen molar-refractivity contribution in [2.75, 3.05) is 31.1 Å². The van der Waals surface area contributed by atoms with Crippen LogP contribution < -0.4 is 4.90 Å². The Morgan fingerprint density at radius 2 is 1.85 bits per heavy atom. The molecular formula is C19H26N4O4. The lowest BCUT2D eigenvalue weighted by Crippen LogP contribution is -2.50. The number of rotatable bonds is 3. The normalized spacial score (nSPS) is 15.3. The fraction of sp³-hybridized carbons (Fsp3) is 0.526. The molecule has 1 aliphatic rings.